The van der Waals surface area contributed by atoms with Gasteiger partial charge in [-0.05, 0) is 42.3 Å². The predicted octanol–water partition coefficient (Wildman–Crippen LogP) is 5.58. The van der Waals surface area contributed by atoms with Crippen LogP contribution in [0.4, 0.5) is 10.5 Å². The molecule has 1 unspecified atom stereocenters. The molecule has 1 aliphatic rings. The highest BCUT2D eigenvalue weighted by molar-refractivity contribution is 7.99. The van der Waals surface area contributed by atoms with Crippen LogP contribution in [0.15, 0.2) is 42.5 Å². The van der Waals surface area contributed by atoms with E-state index in [0.717, 1.165) is 16.9 Å². The van der Waals surface area contributed by atoms with Crippen molar-refractivity contribution in [1.29, 1.82) is 0 Å². The molecular formula is C17H16Cl2N2OS. The third-order valence-electron chi connectivity index (χ3n) is 3.71. The van der Waals surface area contributed by atoms with E-state index in [2.05, 4.69) is 5.32 Å². The van der Waals surface area contributed by atoms with Gasteiger partial charge in [0.05, 0.1) is 0 Å². The van der Waals surface area contributed by atoms with Crippen LogP contribution in [0.1, 0.15) is 16.5 Å². The highest BCUT2D eigenvalue weighted by Gasteiger charge is 2.30. The number of halogens is 2. The molecule has 2 aromatic carbocycles. The van der Waals surface area contributed by atoms with E-state index in [1.165, 1.54) is 0 Å². The van der Waals surface area contributed by atoms with Crippen molar-refractivity contribution in [2.45, 2.75) is 12.3 Å². The number of rotatable bonds is 2. The molecular weight excluding hydrogens is 351 g/mol. The summed E-state index contributed by atoms with van der Waals surface area (Å²) in [6.45, 7) is 2.63. The summed E-state index contributed by atoms with van der Waals surface area (Å²) in [5.74, 6) is 0.902. The maximum atomic E-state index is 12.6. The van der Waals surface area contributed by atoms with Crippen LogP contribution in [0, 0.1) is 6.92 Å². The SMILES string of the molecule is Cc1ccc(NC(=O)N2CCSC2c2cccc(Cl)c2)cc1Cl. The molecule has 0 aliphatic carbocycles. The van der Waals surface area contributed by atoms with Gasteiger partial charge in [-0.2, -0.15) is 0 Å². The zero-order valence-electron chi connectivity index (χ0n) is 12.6. The number of hydrogen-bond acceptors (Lipinski definition) is 2. The van der Waals surface area contributed by atoms with Gasteiger partial charge in [0.2, 0.25) is 0 Å². The summed E-state index contributed by atoms with van der Waals surface area (Å²) in [5.41, 5.74) is 2.72. The molecule has 2 amide bonds. The molecule has 1 N–H and O–H groups in total. The Morgan fingerprint density at radius 3 is 2.83 bits per heavy atom. The summed E-state index contributed by atoms with van der Waals surface area (Å²) < 4.78 is 0. The van der Waals surface area contributed by atoms with Gasteiger partial charge >= 0.3 is 6.03 Å². The van der Waals surface area contributed by atoms with Crippen molar-refractivity contribution in [3.05, 3.63) is 63.6 Å². The standard InChI is InChI=1S/C17H16Cl2N2OS/c1-11-5-6-14(10-15(11)19)20-17(22)21-7-8-23-16(21)12-3-2-4-13(18)9-12/h2-6,9-10,16H,7-8H2,1H3,(H,20,22). The fraction of sp³-hybridized carbons (Fsp3) is 0.235. The van der Waals surface area contributed by atoms with Crippen LogP contribution >= 0.6 is 35.0 Å². The first-order valence-corrected chi connectivity index (χ1v) is 9.06. The highest BCUT2D eigenvalue weighted by Crippen LogP contribution is 2.38. The molecule has 3 nitrogen and oxygen atoms in total. The smallest absolute Gasteiger partial charge is 0.308 e. The number of urea groups is 1. The Balaban J connectivity index is 1.76. The average molecular weight is 367 g/mol. The lowest BCUT2D eigenvalue weighted by Crippen LogP contribution is -2.34. The number of nitrogens with zero attached hydrogens (tertiary/aromatic N) is 1. The molecule has 1 fully saturated rings. The van der Waals surface area contributed by atoms with E-state index in [0.29, 0.717) is 22.3 Å². The lowest BCUT2D eigenvalue weighted by atomic mass is 10.2. The summed E-state index contributed by atoms with van der Waals surface area (Å²) >= 11 is 13.9. The second-order valence-corrected chi connectivity index (χ2v) is 7.40. The molecule has 1 saturated heterocycles. The second kappa shape index (κ2) is 7.04. The Hall–Kier alpha value is -1.36. The van der Waals surface area contributed by atoms with Gasteiger partial charge in [-0.15, -0.1) is 11.8 Å². The topological polar surface area (TPSA) is 32.3 Å². The van der Waals surface area contributed by atoms with Crippen molar-refractivity contribution >= 4 is 46.7 Å². The largest absolute Gasteiger partial charge is 0.323 e. The van der Waals surface area contributed by atoms with Crippen molar-refractivity contribution < 1.29 is 4.79 Å². The molecule has 2 aromatic rings. The lowest BCUT2D eigenvalue weighted by molar-refractivity contribution is 0.214. The van der Waals surface area contributed by atoms with Gasteiger partial charge in [0.1, 0.15) is 5.37 Å². The summed E-state index contributed by atoms with van der Waals surface area (Å²) in [5, 5.41) is 4.23. The average Bonchev–Trinajstić information content (AvgIpc) is 3.00. The Bertz CT molecular complexity index is 738. The zero-order valence-corrected chi connectivity index (χ0v) is 14.9. The molecule has 23 heavy (non-hydrogen) atoms. The number of hydrogen-bond donors (Lipinski definition) is 1. The molecule has 0 saturated carbocycles. The zero-order chi connectivity index (χ0) is 16.4. The van der Waals surface area contributed by atoms with Crippen molar-refractivity contribution in [2.75, 3.05) is 17.6 Å². The van der Waals surface area contributed by atoms with E-state index in [9.17, 15) is 4.79 Å². The van der Waals surface area contributed by atoms with Crippen LogP contribution in [0.25, 0.3) is 0 Å². The quantitative estimate of drug-likeness (QED) is 0.751. The van der Waals surface area contributed by atoms with Crippen molar-refractivity contribution in [1.82, 2.24) is 4.90 Å². The number of benzene rings is 2. The molecule has 1 heterocycles. The molecule has 0 spiro atoms. The van der Waals surface area contributed by atoms with E-state index < -0.39 is 0 Å². The fourth-order valence-electron chi connectivity index (χ4n) is 2.48. The first kappa shape index (κ1) is 16.5. The molecule has 3 rings (SSSR count). The minimum absolute atomic E-state index is 0.0189. The number of carbonyl (C=O) groups is 1. The number of thioether (sulfide) groups is 1. The number of nitrogens with one attached hydrogen (secondary N) is 1. The summed E-state index contributed by atoms with van der Waals surface area (Å²) in [7, 11) is 0. The van der Waals surface area contributed by atoms with E-state index in [-0.39, 0.29) is 11.4 Å². The minimum Gasteiger partial charge on any atom is -0.308 e. The molecule has 1 aliphatic heterocycles. The predicted molar refractivity (Wildman–Crippen MR) is 98.6 cm³/mol. The second-order valence-electron chi connectivity index (χ2n) is 5.37. The summed E-state index contributed by atoms with van der Waals surface area (Å²) in [6, 6.07) is 13.1. The summed E-state index contributed by atoms with van der Waals surface area (Å²) in [4.78, 5) is 14.4. The Kier molecular flexibility index (Phi) is 5.05. The van der Waals surface area contributed by atoms with Crippen LogP contribution < -0.4 is 5.32 Å². The third-order valence-corrected chi connectivity index (χ3v) is 5.61. The van der Waals surface area contributed by atoms with Gasteiger partial charge in [-0.1, -0.05) is 41.4 Å². The van der Waals surface area contributed by atoms with Crippen molar-refractivity contribution in [2.24, 2.45) is 0 Å². The van der Waals surface area contributed by atoms with Gasteiger partial charge < -0.3 is 10.2 Å². The summed E-state index contributed by atoms with van der Waals surface area (Å²) in [6.07, 6.45) is 0. The first-order chi connectivity index (χ1) is 11.0. The fourth-order valence-corrected chi connectivity index (χ4v) is 4.10. The number of anilines is 1. The van der Waals surface area contributed by atoms with E-state index >= 15 is 0 Å². The Labute approximate surface area is 150 Å². The van der Waals surface area contributed by atoms with Crippen molar-refractivity contribution in [3.63, 3.8) is 0 Å². The Morgan fingerprint density at radius 1 is 1.26 bits per heavy atom. The van der Waals surface area contributed by atoms with Gasteiger partial charge in [0.25, 0.3) is 0 Å². The van der Waals surface area contributed by atoms with Crippen LogP contribution in [0.5, 0.6) is 0 Å². The van der Waals surface area contributed by atoms with Crippen LogP contribution in [0.3, 0.4) is 0 Å². The molecule has 6 heteroatoms. The van der Waals surface area contributed by atoms with Crippen LogP contribution in [-0.4, -0.2) is 23.2 Å². The lowest BCUT2D eigenvalue weighted by Gasteiger charge is -2.24. The van der Waals surface area contributed by atoms with E-state index in [1.54, 1.807) is 17.8 Å². The molecule has 1 atom stereocenters. The molecule has 120 valence electrons. The normalized spacial score (nSPS) is 17.3. The Morgan fingerprint density at radius 2 is 2.09 bits per heavy atom. The molecule has 0 aromatic heterocycles. The van der Waals surface area contributed by atoms with Gasteiger partial charge in [0.15, 0.2) is 0 Å². The molecule has 0 bridgehead atoms. The monoisotopic (exact) mass is 366 g/mol. The van der Waals surface area contributed by atoms with E-state index in [4.69, 9.17) is 23.2 Å². The maximum absolute atomic E-state index is 12.6. The molecule has 0 radical (unpaired) electrons. The highest BCUT2D eigenvalue weighted by atomic mass is 35.5. The maximum Gasteiger partial charge on any atom is 0.323 e. The number of carbonyl (C=O) groups excluding carboxylic acids is 1. The van der Waals surface area contributed by atoms with Crippen LogP contribution in [-0.2, 0) is 0 Å². The number of amides is 2. The number of aryl methyl sites for hydroxylation is 1. The van der Waals surface area contributed by atoms with Crippen molar-refractivity contribution in [3.8, 4) is 0 Å². The third kappa shape index (κ3) is 3.77. The van der Waals surface area contributed by atoms with E-state index in [1.807, 2.05) is 48.2 Å². The van der Waals surface area contributed by atoms with Gasteiger partial charge in [-0.25, -0.2) is 4.79 Å². The van der Waals surface area contributed by atoms with Crippen LogP contribution in [0.2, 0.25) is 10.0 Å². The van der Waals surface area contributed by atoms with Gasteiger partial charge in [-0.3, -0.25) is 0 Å². The minimum atomic E-state index is -0.125. The first-order valence-electron chi connectivity index (χ1n) is 7.25. The van der Waals surface area contributed by atoms with Gasteiger partial charge in [0, 0.05) is 28.0 Å².